The van der Waals surface area contributed by atoms with Crippen LogP contribution in [0.5, 0.6) is 11.5 Å². The van der Waals surface area contributed by atoms with Gasteiger partial charge in [0.25, 0.3) is 20.2 Å². The van der Waals surface area contributed by atoms with Crippen molar-refractivity contribution >= 4 is 37.1 Å². The summed E-state index contributed by atoms with van der Waals surface area (Å²) < 4.78 is 136. The molecule has 0 fully saturated rings. The molecule has 0 aliphatic heterocycles. The topological polar surface area (TPSA) is 114 Å². The number of halogens is 4. The lowest BCUT2D eigenvalue weighted by molar-refractivity contribution is 0.0689. The number of benzene rings is 3. The van der Waals surface area contributed by atoms with Crippen molar-refractivity contribution in [2.75, 3.05) is 26.4 Å². The van der Waals surface area contributed by atoms with Gasteiger partial charge in [-0.25, -0.2) is 8.78 Å². The molecule has 0 radical (unpaired) electrons. The summed E-state index contributed by atoms with van der Waals surface area (Å²) in [7, 11) is -9.04. The Labute approximate surface area is 247 Å². The van der Waals surface area contributed by atoms with Gasteiger partial charge in [-0.05, 0) is 57.3 Å². The van der Waals surface area contributed by atoms with Crippen LogP contribution in [-0.4, -0.2) is 55.5 Å². The summed E-state index contributed by atoms with van der Waals surface area (Å²) in [6, 6.07) is 5.09. The second-order valence-corrected chi connectivity index (χ2v) is 12.3. The van der Waals surface area contributed by atoms with Crippen LogP contribution < -0.4 is 4.74 Å². The smallest absolute Gasteiger partial charge is 0.297 e. The fourth-order valence-corrected chi connectivity index (χ4v) is 6.07. The molecule has 0 aliphatic carbocycles. The van der Waals surface area contributed by atoms with Crippen LogP contribution in [0.3, 0.4) is 0 Å². The van der Waals surface area contributed by atoms with Crippen molar-refractivity contribution in [2.45, 2.75) is 49.7 Å². The number of rotatable bonds is 15. The minimum atomic E-state index is -4.63. The van der Waals surface area contributed by atoms with Gasteiger partial charge in [-0.1, -0.05) is 12.7 Å². The van der Waals surface area contributed by atoms with E-state index in [4.69, 9.17) is 22.6 Å². The van der Waals surface area contributed by atoms with Crippen LogP contribution in [0.4, 0.5) is 17.6 Å². The van der Waals surface area contributed by atoms with Crippen LogP contribution in [0, 0.1) is 23.3 Å². The fraction of sp³-hybridized carbons (Fsp3) is 0.357. The van der Waals surface area contributed by atoms with Crippen molar-refractivity contribution in [3.63, 3.8) is 0 Å². The first-order valence-electron chi connectivity index (χ1n) is 12.9. The molecular formula is C28H30F4O9S2. The molecule has 3 rings (SSSR count). The first-order chi connectivity index (χ1) is 20.2. The third kappa shape index (κ3) is 7.91. The van der Waals surface area contributed by atoms with Gasteiger partial charge in [0.15, 0.2) is 11.6 Å². The fourth-order valence-electron chi connectivity index (χ4n) is 3.84. The molecule has 3 aromatic rings. The van der Waals surface area contributed by atoms with E-state index >= 15 is 0 Å². The van der Waals surface area contributed by atoms with Gasteiger partial charge in [0.2, 0.25) is 17.4 Å². The van der Waals surface area contributed by atoms with E-state index in [-0.39, 0.29) is 30.6 Å². The Bertz CT molecular complexity index is 1680. The molecule has 2 atom stereocenters. The van der Waals surface area contributed by atoms with E-state index in [0.717, 1.165) is 30.3 Å². The van der Waals surface area contributed by atoms with E-state index in [2.05, 4.69) is 6.58 Å². The molecule has 9 nitrogen and oxygen atoms in total. The molecule has 236 valence electrons. The molecule has 0 aromatic heterocycles. The Balaban J connectivity index is 2.21. The monoisotopic (exact) mass is 650 g/mol. The molecule has 0 saturated carbocycles. The highest BCUT2D eigenvalue weighted by Gasteiger charge is 2.28. The number of hydrogen-bond donors (Lipinski definition) is 0. The highest BCUT2D eigenvalue weighted by Crippen LogP contribution is 2.39. The quantitative estimate of drug-likeness (QED) is 0.110. The number of hydrogen-bond acceptors (Lipinski definition) is 9. The van der Waals surface area contributed by atoms with Crippen LogP contribution in [-0.2, 0) is 38.1 Å². The molecule has 0 aliphatic rings. The Hall–Kier alpha value is -3.08. The highest BCUT2D eigenvalue weighted by atomic mass is 32.2. The average molecular weight is 651 g/mol. The Morgan fingerprint density at radius 3 is 1.74 bits per heavy atom. The summed E-state index contributed by atoms with van der Waals surface area (Å²) in [4.78, 5) is -1.03. The standard InChI is InChI=1S/C28H30F4O9S2/c1-6-21-24(29)26(31)28(27(32)25(21)30)39-23-13-20(43(35,36)41-17(5)15-38-8-3)12-18-11-19(9-10-22(18)23)42(33,34)40-16(4)14-37-7-2/h6,9-13,16-17H,1,7-8,14-15H2,2-5H3. The van der Waals surface area contributed by atoms with Gasteiger partial charge in [-0.2, -0.15) is 25.6 Å². The highest BCUT2D eigenvalue weighted by molar-refractivity contribution is 7.87. The summed E-state index contributed by atoms with van der Waals surface area (Å²) in [5.41, 5.74) is -1.08. The maximum Gasteiger partial charge on any atom is 0.297 e. The minimum absolute atomic E-state index is 0.0319. The van der Waals surface area contributed by atoms with E-state index in [1.165, 1.54) is 13.8 Å². The van der Waals surface area contributed by atoms with Gasteiger partial charge < -0.3 is 14.2 Å². The van der Waals surface area contributed by atoms with E-state index in [1.54, 1.807) is 13.8 Å². The maximum atomic E-state index is 14.8. The van der Waals surface area contributed by atoms with Crippen LogP contribution in [0.1, 0.15) is 33.3 Å². The lowest BCUT2D eigenvalue weighted by Crippen LogP contribution is -2.21. The van der Waals surface area contributed by atoms with E-state index in [0.29, 0.717) is 12.7 Å². The van der Waals surface area contributed by atoms with Crippen LogP contribution in [0.2, 0.25) is 0 Å². The summed E-state index contributed by atoms with van der Waals surface area (Å²) in [5.74, 6) is -9.50. The lowest BCUT2D eigenvalue weighted by Gasteiger charge is -2.17. The molecule has 15 heteroatoms. The molecule has 0 bridgehead atoms. The minimum Gasteiger partial charge on any atom is -0.450 e. The Morgan fingerprint density at radius 1 is 0.767 bits per heavy atom. The molecule has 0 spiro atoms. The average Bonchev–Trinajstić information content (AvgIpc) is 2.95. The zero-order valence-electron chi connectivity index (χ0n) is 23.7. The first kappa shape index (κ1) is 34.4. The maximum absolute atomic E-state index is 14.8. The predicted octanol–water partition coefficient (Wildman–Crippen LogP) is 6.09. The van der Waals surface area contributed by atoms with E-state index < -0.39 is 82.6 Å². The molecule has 0 saturated heterocycles. The van der Waals surface area contributed by atoms with Crippen molar-refractivity contribution in [3.05, 3.63) is 65.7 Å². The van der Waals surface area contributed by atoms with Gasteiger partial charge in [-0.3, -0.25) is 8.37 Å². The van der Waals surface area contributed by atoms with Crippen molar-refractivity contribution in [1.29, 1.82) is 0 Å². The van der Waals surface area contributed by atoms with Gasteiger partial charge >= 0.3 is 0 Å². The normalized spacial score (nSPS) is 13.7. The predicted molar refractivity (Wildman–Crippen MR) is 149 cm³/mol. The summed E-state index contributed by atoms with van der Waals surface area (Å²) >= 11 is 0. The van der Waals surface area contributed by atoms with Crippen molar-refractivity contribution in [3.8, 4) is 11.5 Å². The van der Waals surface area contributed by atoms with E-state index in [9.17, 15) is 34.4 Å². The van der Waals surface area contributed by atoms with E-state index in [1.807, 2.05) is 0 Å². The summed E-state index contributed by atoms with van der Waals surface area (Å²) in [6.07, 6.45) is -1.27. The first-order valence-corrected chi connectivity index (χ1v) is 15.7. The molecule has 0 heterocycles. The zero-order chi connectivity index (χ0) is 32.1. The molecule has 43 heavy (non-hydrogen) atoms. The molecule has 0 amide bonds. The van der Waals surface area contributed by atoms with Crippen molar-refractivity contribution < 1.29 is 57.0 Å². The zero-order valence-corrected chi connectivity index (χ0v) is 25.3. The second-order valence-electron chi connectivity index (χ2n) is 9.15. The number of ether oxygens (including phenoxy) is 3. The van der Waals surface area contributed by atoms with Crippen LogP contribution >= 0.6 is 0 Å². The SMILES string of the molecule is C=Cc1c(F)c(F)c(Oc2cc(S(=O)(=O)OC(C)COCC)cc3cc(S(=O)(=O)OC(C)COCC)ccc23)c(F)c1F. The largest absolute Gasteiger partial charge is 0.450 e. The Kier molecular flexibility index (Phi) is 11.3. The summed E-state index contributed by atoms with van der Waals surface area (Å²) in [5, 5.41) is -0.196. The lowest BCUT2D eigenvalue weighted by atomic mass is 10.1. The van der Waals surface area contributed by atoms with Crippen molar-refractivity contribution in [2.24, 2.45) is 0 Å². The molecule has 2 unspecified atom stereocenters. The third-order valence-electron chi connectivity index (χ3n) is 5.81. The number of fused-ring (bicyclic) bond motifs is 1. The molecule has 0 N–H and O–H groups in total. The van der Waals surface area contributed by atoms with Gasteiger partial charge in [0.1, 0.15) is 5.75 Å². The second kappa shape index (κ2) is 14.1. The van der Waals surface area contributed by atoms with Gasteiger partial charge in [0.05, 0.1) is 40.8 Å². The molecular weight excluding hydrogens is 620 g/mol. The van der Waals surface area contributed by atoms with Crippen LogP contribution in [0.25, 0.3) is 16.8 Å². The Morgan fingerprint density at radius 2 is 1.26 bits per heavy atom. The van der Waals surface area contributed by atoms with Gasteiger partial charge in [-0.15, -0.1) is 0 Å². The molecule has 3 aromatic carbocycles. The van der Waals surface area contributed by atoms with Crippen molar-refractivity contribution in [1.82, 2.24) is 0 Å². The summed E-state index contributed by atoms with van der Waals surface area (Å²) in [6.45, 7) is 9.86. The van der Waals surface area contributed by atoms with Crippen LogP contribution in [0.15, 0.2) is 46.7 Å². The third-order valence-corrected chi connectivity index (χ3v) is 8.61. The van der Waals surface area contributed by atoms with Gasteiger partial charge in [0, 0.05) is 24.7 Å².